The lowest BCUT2D eigenvalue weighted by atomic mass is 9.33. The van der Waals surface area contributed by atoms with Crippen LogP contribution in [-0.2, 0) is 0 Å². The van der Waals surface area contributed by atoms with E-state index in [0.717, 1.165) is 44.7 Å². The number of hydrogen-bond donors (Lipinski definition) is 0. The van der Waals surface area contributed by atoms with E-state index in [2.05, 4.69) is 234 Å². The molecule has 3 aliphatic rings. The molecule has 3 aliphatic heterocycles. The van der Waals surface area contributed by atoms with Crippen LogP contribution in [0.3, 0.4) is 0 Å². The van der Waals surface area contributed by atoms with Crippen LogP contribution in [0.15, 0.2) is 211 Å². The molecule has 0 aliphatic carbocycles. The van der Waals surface area contributed by atoms with Gasteiger partial charge in [-0.3, -0.25) is 0 Å². The molecule has 0 unspecified atom stereocenters. The fraction of sp³-hybridized carbons (Fsp3) is 0.0357. The zero-order chi connectivity index (χ0) is 41.1. The van der Waals surface area contributed by atoms with E-state index in [-0.39, 0.29) is 6.71 Å². The highest BCUT2D eigenvalue weighted by Crippen LogP contribution is 2.50. The zero-order valence-corrected chi connectivity index (χ0v) is 35.5. The van der Waals surface area contributed by atoms with Gasteiger partial charge in [0.2, 0.25) is 0 Å². The number of hydrogen-bond acceptors (Lipinski definition) is 4. The smallest absolute Gasteiger partial charge is 0.252 e. The predicted molar refractivity (Wildman–Crippen MR) is 265 cm³/mol. The molecule has 6 heteroatoms. The van der Waals surface area contributed by atoms with E-state index < -0.39 is 8.07 Å². The molecule has 0 fully saturated rings. The molecule has 0 spiro atoms. The van der Waals surface area contributed by atoms with Gasteiger partial charge in [-0.05, 0) is 105 Å². The van der Waals surface area contributed by atoms with Crippen LogP contribution in [-0.4, -0.2) is 14.8 Å². The Bertz CT molecular complexity index is 3370. The van der Waals surface area contributed by atoms with Gasteiger partial charge in [0.1, 0.15) is 13.7 Å². The van der Waals surface area contributed by atoms with Crippen molar-refractivity contribution >= 4 is 115 Å². The van der Waals surface area contributed by atoms with E-state index in [0.29, 0.717) is 0 Å². The topological polar surface area (TPSA) is 22.9 Å². The van der Waals surface area contributed by atoms with Crippen LogP contribution < -0.4 is 41.5 Å². The van der Waals surface area contributed by atoms with Crippen molar-refractivity contribution in [2.45, 2.75) is 13.1 Å². The van der Waals surface area contributed by atoms with Crippen molar-refractivity contribution in [3.8, 4) is 11.1 Å². The molecule has 9 aromatic carbocycles. The molecule has 4 heterocycles. The Morgan fingerprint density at radius 2 is 1.08 bits per heavy atom. The lowest BCUT2D eigenvalue weighted by molar-refractivity contribution is 0.669. The van der Waals surface area contributed by atoms with Crippen LogP contribution in [0.1, 0.15) is 0 Å². The second kappa shape index (κ2) is 13.2. The molecule has 13 rings (SSSR count). The maximum atomic E-state index is 7.00. The molecule has 292 valence electrons. The summed E-state index contributed by atoms with van der Waals surface area (Å²) in [6.07, 6.45) is 0. The monoisotopic (exact) mass is 809 g/mol. The molecule has 0 N–H and O–H groups in total. The fourth-order valence-electron chi connectivity index (χ4n) is 10.8. The summed E-state index contributed by atoms with van der Waals surface area (Å²) in [7, 11) is -2.27. The average molecular weight is 810 g/mol. The molecule has 0 saturated carbocycles. The number of fused-ring (bicyclic) bond motifs is 10. The van der Waals surface area contributed by atoms with E-state index in [9.17, 15) is 0 Å². The van der Waals surface area contributed by atoms with Gasteiger partial charge in [-0.15, -0.1) is 0 Å². The molecule has 62 heavy (non-hydrogen) atoms. The summed E-state index contributed by atoms with van der Waals surface area (Å²) in [6.45, 7) is 5.03. The Balaban J connectivity index is 1.15. The minimum absolute atomic E-state index is 0.0110. The minimum atomic E-state index is -2.27. The highest BCUT2D eigenvalue weighted by atomic mass is 28.3. The summed E-state index contributed by atoms with van der Waals surface area (Å²) in [5.41, 5.74) is 18.7. The molecule has 0 radical (unpaired) electrons. The SMILES string of the molecule is C[Si]1(C)c2cccc3c2N(c2cc(-c4ccccc4)cc4c2B3c2ccc(N(c3ccccc3)c3ccccc3)cc2N4c2ccccc2)c2c1ccc1c2oc2ccccc21. The van der Waals surface area contributed by atoms with Gasteiger partial charge in [0.05, 0.1) is 5.69 Å². The largest absolute Gasteiger partial charge is 0.454 e. The van der Waals surface area contributed by atoms with E-state index in [1.54, 1.807) is 0 Å². The van der Waals surface area contributed by atoms with Crippen molar-refractivity contribution in [3.05, 3.63) is 206 Å². The van der Waals surface area contributed by atoms with E-state index in [1.807, 2.05) is 0 Å². The Morgan fingerprint density at radius 1 is 0.452 bits per heavy atom. The lowest BCUT2D eigenvalue weighted by Crippen LogP contribution is -2.67. The van der Waals surface area contributed by atoms with Crippen molar-refractivity contribution in [2.75, 3.05) is 14.7 Å². The zero-order valence-electron chi connectivity index (χ0n) is 34.5. The summed E-state index contributed by atoms with van der Waals surface area (Å²) in [5, 5.41) is 5.16. The number of furan rings is 1. The maximum Gasteiger partial charge on any atom is 0.252 e. The van der Waals surface area contributed by atoms with E-state index in [1.165, 1.54) is 66.3 Å². The van der Waals surface area contributed by atoms with Gasteiger partial charge in [-0.25, -0.2) is 0 Å². The number of anilines is 9. The molecule has 0 amide bonds. The second-order valence-electron chi connectivity index (χ2n) is 17.3. The van der Waals surface area contributed by atoms with Crippen molar-refractivity contribution in [2.24, 2.45) is 0 Å². The first-order valence-electron chi connectivity index (χ1n) is 21.6. The van der Waals surface area contributed by atoms with Crippen LogP contribution in [0.4, 0.5) is 51.2 Å². The van der Waals surface area contributed by atoms with Crippen LogP contribution in [0.2, 0.25) is 13.1 Å². The second-order valence-corrected chi connectivity index (χ2v) is 21.6. The fourth-order valence-corrected chi connectivity index (χ4v) is 13.8. The third kappa shape index (κ3) is 4.95. The highest BCUT2D eigenvalue weighted by molar-refractivity contribution is 7.06. The Morgan fingerprint density at radius 3 is 1.81 bits per heavy atom. The summed E-state index contributed by atoms with van der Waals surface area (Å²) < 4.78 is 7.00. The van der Waals surface area contributed by atoms with Gasteiger partial charge in [-0.2, -0.15) is 0 Å². The van der Waals surface area contributed by atoms with Gasteiger partial charge in [0.15, 0.2) is 5.58 Å². The number of rotatable bonds is 5. The molecule has 0 bridgehead atoms. The third-order valence-electron chi connectivity index (χ3n) is 13.6. The van der Waals surface area contributed by atoms with Crippen molar-refractivity contribution < 1.29 is 4.42 Å². The molecule has 10 aromatic rings. The summed E-state index contributed by atoms with van der Waals surface area (Å²) in [5.74, 6) is 0. The standard InChI is InChI=1S/C56H40BN3OSi/c1-62(2)51-29-17-27-46-54(51)60(55-52(62)33-31-44-43-26-15-16-28-50(43)61-56(44)55)49-35-38(37-18-7-3-8-19-37)34-48-53(49)57(46)45-32-30-42(36-47(45)59(48)41-24-13-6-14-25-41)58(39-20-9-4-10-21-39)40-22-11-5-12-23-40/h3-36H,1-2H3. The average Bonchev–Trinajstić information content (AvgIpc) is 3.71. The van der Waals surface area contributed by atoms with Gasteiger partial charge in [0.25, 0.3) is 6.71 Å². The van der Waals surface area contributed by atoms with Crippen LogP contribution in [0, 0.1) is 0 Å². The van der Waals surface area contributed by atoms with Gasteiger partial charge in [0, 0.05) is 56.3 Å². The Hall–Kier alpha value is -7.54. The molecule has 1 aromatic heterocycles. The van der Waals surface area contributed by atoms with Gasteiger partial charge in [-0.1, -0.05) is 153 Å². The summed E-state index contributed by atoms with van der Waals surface area (Å²) in [4.78, 5) is 7.51. The maximum absolute atomic E-state index is 7.00. The summed E-state index contributed by atoms with van der Waals surface area (Å²) >= 11 is 0. The predicted octanol–water partition coefficient (Wildman–Crippen LogP) is 11.9. The Kier molecular flexibility index (Phi) is 7.52. The highest BCUT2D eigenvalue weighted by Gasteiger charge is 2.50. The lowest BCUT2D eigenvalue weighted by Gasteiger charge is -2.49. The first kappa shape index (κ1) is 35.2. The van der Waals surface area contributed by atoms with Crippen LogP contribution >= 0.6 is 0 Å². The van der Waals surface area contributed by atoms with Crippen LogP contribution in [0.5, 0.6) is 0 Å². The quantitative estimate of drug-likeness (QED) is 0.162. The van der Waals surface area contributed by atoms with Crippen molar-refractivity contribution in [3.63, 3.8) is 0 Å². The number of nitrogens with zero attached hydrogens (tertiary/aromatic N) is 3. The first-order valence-corrected chi connectivity index (χ1v) is 24.6. The molecular formula is C56H40BN3OSi. The van der Waals surface area contributed by atoms with E-state index >= 15 is 0 Å². The molecule has 0 saturated heterocycles. The number of benzene rings is 9. The molecule has 0 atom stereocenters. The first-order chi connectivity index (χ1) is 30.5. The molecule has 4 nitrogen and oxygen atoms in total. The third-order valence-corrected chi connectivity index (χ3v) is 17.1. The van der Waals surface area contributed by atoms with E-state index in [4.69, 9.17) is 4.42 Å². The number of para-hydroxylation sites is 5. The van der Waals surface area contributed by atoms with Crippen molar-refractivity contribution in [1.82, 2.24) is 0 Å². The van der Waals surface area contributed by atoms with Gasteiger partial charge >= 0.3 is 0 Å². The summed E-state index contributed by atoms with van der Waals surface area (Å²) in [6, 6.07) is 75.7. The van der Waals surface area contributed by atoms with Gasteiger partial charge < -0.3 is 19.1 Å². The van der Waals surface area contributed by atoms with Crippen molar-refractivity contribution in [1.29, 1.82) is 0 Å². The minimum Gasteiger partial charge on any atom is -0.454 e. The van der Waals surface area contributed by atoms with Crippen LogP contribution in [0.25, 0.3) is 33.1 Å². The molecular weight excluding hydrogens is 770 g/mol. The normalized spacial score (nSPS) is 14.0. The Labute approximate surface area is 362 Å².